The largest absolute Gasteiger partial charge is 0.337 e. The molecule has 1 aromatic carbocycles. The molecule has 2 aliphatic rings. The van der Waals surface area contributed by atoms with Gasteiger partial charge in [0.2, 0.25) is 0 Å². The van der Waals surface area contributed by atoms with Gasteiger partial charge in [-0.15, -0.1) is 36.2 Å². The molecule has 1 aromatic heterocycles. The van der Waals surface area contributed by atoms with E-state index in [1.165, 1.54) is 0 Å². The van der Waals surface area contributed by atoms with Crippen LogP contribution in [0.2, 0.25) is 0 Å². The van der Waals surface area contributed by atoms with Crippen molar-refractivity contribution >= 4 is 52.3 Å². The van der Waals surface area contributed by atoms with Crippen molar-refractivity contribution in [2.45, 2.75) is 12.5 Å². The number of rotatable bonds is 2. The van der Waals surface area contributed by atoms with E-state index in [1.54, 1.807) is 11.3 Å². The number of likely N-dealkylation sites (tertiary alicyclic amines) is 1. The van der Waals surface area contributed by atoms with E-state index in [1.807, 2.05) is 28.6 Å². The van der Waals surface area contributed by atoms with Crippen molar-refractivity contribution in [3.63, 3.8) is 0 Å². The Morgan fingerprint density at radius 3 is 2.79 bits per heavy atom. The van der Waals surface area contributed by atoms with Gasteiger partial charge in [-0.25, -0.2) is 4.98 Å². The molecule has 8 heteroatoms. The van der Waals surface area contributed by atoms with Gasteiger partial charge in [0.15, 0.2) is 0 Å². The number of nitrogens with zero attached hydrogens (tertiary/aromatic N) is 3. The minimum Gasteiger partial charge on any atom is -0.337 e. The number of hydrogen-bond donors (Lipinski definition) is 1. The van der Waals surface area contributed by atoms with Gasteiger partial charge in [0.25, 0.3) is 5.91 Å². The van der Waals surface area contributed by atoms with Crippen LogP contribution in [0.4, 0.5) is 0 Å². The van der Waals surface area contributed by atoms with E-state index in [9.17, 15) is 4.79 Å². The number of amides is 1. The number of fused-ring (bicyclic) bond motifs is 1. The Labute approximate surface area is 158 Å². The molecule has 1 unspecified atom stereocenters. The fourth-order valence-electron chi connectivity index (χ4n) is 3.44. The minimum absolute atomic E-state index is 0. The van der Waals surface area contributed by atoms with Crippen LogP contribution in [0, 0.1) is 0 Å². The van der Waals surface area contributed by atoms with Crippen LogP contribution in [-0.4, -0.2) is 66.0 Å². The molecule has 1 atom stereocenters. The van der Waals surface area contributed by atoms with Crippen molar-refractivity contribution < 1.29 is 4.79 Å². The average molecular weight is 389 g/mol. The molecule has 0 spiro atoms. The molecule has 2 fully saturated rings. The first kappa shape index (κ1) is 19.4. The third kappa shape index (κ3) is 3.83. The number of carbonyl (C=O) groups is 1. The maximum absolute atomic E-state index is 12.7. The predicted octanol–water partition coefficient (Wildman–Crippen LogP) is 2.26. The van der Waals surface area contributed by atoms with Gasteiger partial charge in [0.1, 0.15) is 0 Å². The van der Waals surface area contributed by atoms with Gasteiger partial charge >= 0.3 is 0 Å². The normalized spacial score (nSPS) is 21.3. The highest BCUT2D eigenvalue weighted by atomic mass is 35.5. The van der Waals surface area contributed by atoms with Crippen LogP contribution in [-0.2, 0) is 0 Å². The SMILES string of the molecule is Cl.Cl.O=C(c1ccc2ncsc2c1)N1CCC(N2CCNCC2)C1. The van der Waals surface area contributed by atoms with E-state index >= 15 is 0 Å². The second-order valence-corrected chi connectivity index (χ2v) is 6.90. The second kappa shape index (κ2) is 8.45. The second-order valence-electron chi connectivity index (χ2n) is 6.01. The lowest BCUT2D eigenvalue weighted by atomic mass is 10.2. The van der Waals surface area contributed by atoms with Crippen molar-refractivity contribution in [1.29, 1.82) is 0 Å². The number of aromatic nitrogens is 1. The number of hydrogen-bond acceptors (Lipinski definition) is 5. The summed E-state index contributed by atoms with van der Waals surface area (Å²) < 4.78 is 1.09. The summed E-state index contributed by atoms with van der Waals surface area (Å²) in [6, 6.07) is 6.36. The lowest BCUT2D eigenvalue weighted by Crippen LogP contribution is -2.49. The van der Waals surface area contributed by atoms with Gasteiger partial charge in [-0.3, -0.25) is 9.69 Å². The fraction of sp³-hybridized carbons (Fsp3) is 0.500. The highest BCUT2D eigenvalue weighted by Gasteiger charge is 2.31. The summed E-state index contributed by atoms with van der Waals surface area (Å²) in [4.78, 5) is 21.5. The van der Waals surface area contributed by atoms with Gasteiger partial charge in [-0.1, -0.05) is 0 Å². The standard InChI is InChI=1S/C16H20N4OS.2ClH/c21-16(12-1-2-14-15(9-12)22-11-18-14)20-6-3-13(10-20)19-7-4-17-5-8-19;;/h1-2,9,11,13,17H,3-8,10H2;2*1H. The molecule has 0 bridgehead atoms. The zero-order chi connectivity index (χ0) is 14.9. The third-order valence-corrected chi connectivity index (χ3v) is 5.49. The molecule has 0 saturated carbocycles. The molecule has 24 heavy (non-hydrogen) atoms. The highest BCUT2D eigenvalue weighted by Crippen LogP contribution is 2.22. The summed E-state index contributed by atoms with van der Waals surface area (Å²) >= 11 is 1.59. The van der Waals surface area contributed by atoms with Crippen molar-refractivity contribution in [2.75, 3.05) is 39.3 Å². The molecular weight excluding hydrogens is 367 g/mol. The summed E-state index contributed by atoms with van der Waals surface area (Å²) in [5, 5.41) is 3.39. The summed E-state index contributed by atoms with van der Waals surface area (Å²) in [6.45, 7) is 6.05. The average Bonchev–Trinajstić information content (AvgIpc) is 3.23. The lowest BCUT2D eigenvalue weighted by molar-refractivity contribution is 0.0773. The van der Waals surface area contributed by atoms with Gasteiger partial charge in [0.05, 0.1) is 15.7 Å². The zero-order valence-electron chi connectivity index (χ0n) is 13.3. The summed E-state index contributed by atoms with van der Waals surface area (Å²) in [7, 11) is 0. The summed E-state index contributed by atoms with van der Waals surface area (Å²) in [6.07, 6.45) is 1.09. The van der Waals surface area contributed by atoms with E-state index in [0.717, 1.165) is 61.5 Å². The molecule has 5 nitrogen and oxygen atoms in total. The smallest absolute Gasteiger partial charge is 0.253 e. The van der Waals surface area contributed by atoms with Crippen LogP contribution < -0.4 is 5.32 Å². The van der Waals surface area contributed by atoms with E-state index in [0.29, 0.717) is 6.04 Å². The van der Waals surface area contributed by atoms with Crippen molar-refractivity contribution in [2.24, 2.45) is 0 Å². The molecule has 0 radical (unpaired) electrons. The minimum atomic E-state index is 0. The first-order valence-corrected chi connectivity index (χ1v) is 8.76. The molecule has 2 aromatic rings. The Bertz CT molecular complexity index is 690. The van der Waals surface area contributed by atoms with E-state index in [2.05, 4.69) is 15.2 Å². The Morgan fingerprint density at radius 1 is 1.21 bits per heavy atom. The van der Waals surface area contributed by atoms with E-state index in [-0.39, 0.29) is 30.7 Å². The Balaban J connectivity index is 0.00000104. The van der Waals surface area contributed by atoms with Crippen LogP contribution >= 0.6 is 36.2 Å². The molecule has 2 aliphatic heterocycles. The van der Waals surface area contributed by atoms with Crippen LogP contribution in [0.3, 0.4) is 0 Å². The Kier molecular flexibility index (Phi) is 6.83. The molecule has 4 rings (SSSR count). The zero-order valence-corrected chi connectivity index (χ0v) is 15.8. The summed E-state index contributed by atoms with van der Waals surface area (Å²) in [5.74, 6) is 0.160. The van der Waals surface area contributed by atoms with Gasteiger partial charge < -0.3 is 10.2 Å². The maximum Gasteiger partial charge on any atom is 0.253 e. The number of thiazole rings is 1. The fourth-order valence-corrected chi connectivity index (χ4v) is 4.16. The van der Waals surface area contributed by atoms with Crippen LogP contribution in [0.15, 0.2) is 23.7 Å². The Morgan fingerprint density at radius 2 is 2.00 bits per heavy atom. The van der Waals surface area contributed by atoms with Crippen molar-refractivity contribution in [3.05, 3.63) is 29.3 Å². The van der Waals surface area contributed by atoms with E-state index in [4.69, 9.17) is 0 Å². The van der Waals surface area contributed by atoms with Crippen molar-refractivity contribution in [1.82, 2.24) is 20.1 Å². The molecule has 1 amide bonds. The molecule has 2 saturated heterocycles. The number of benzene rings is 1. The van der Waals surface area contributed by atoms with Gasteiger partial charge in [-0.2, -0.15) is 0 Å². The Hall–Kier alpha value is -0.920. The third-order valence-electron chi connectivity index (χ3n) is 4.70. The first-order valence-electron chi connectivity index (χ1n) is 7.88. The number of piperazine rings is 1. The molecule has 3 heterocycles. The highest BCUT2D eigenvalue weighted by molar-refractivity contribution is 7.16. The number of carbonyl (C=O) groups excluding carboxylic acids is 1. The molecular formula is C16H22Cl2N4OS. The topological polar surface area (TPSA) is 48.5 Å². The van der Waals surface area contributed by atoms with Gasteiger partial charge in [-0.05, 0) is 24.6 Å². The van der Waals surface area contributed by atoms with Crippen molar-refractivity contribution in [3.8, 4) is 0 Å². The predicted molar refractivity (Wildman–Crippen MR) is 103 cm³/mol. The maximum atomic E-state index is 12.7. The monoisotopic (exact) mass is 388 g/mol. The number of nitrogens with one attached hydrogen (secondary N) is 1. The molecule has 0 aliphatic carbocycles. The van der Waals surface area contributed by atoms with E-state index < -0.39 is 0 Å². The number of halogens is 2. The quantitative estimate of drug-likeness (QED) is 0.856. The first-order chi connectivity index (χ1) is 10.8. The van der Waals surface area contributed by atoms with Crippen LogP contribution in [0.25, 0.3) is 10.2 Å². The summed E-state index contributed by atoms with van der Waals surface area (Å²) in [5.41, 5.74) is 3.59. The molecule has 132 valence electrons. The van der Waals surface area contributed by atoms with Gasteiger partial charge in [0, 0.05) is 50.9 Å². The lowest BCUT2D eigenvalue weighted by Gasteiger charge is -2.32. The molecule has 1 N–H and O–H groups in total. The van der Waals surface area contributed by atoms with Crippen LogP contribution in [0.1, 0.15) is 16.8 Å². The van der Waals surface area contributed by atoms with Crippen LogP contribution in [0.5, 0.6) is 0 Å².